The highest BCUT2D eigenvalue weighted by atomic mass is 35.5. The summed E-state index contributed by atoms with van der Waals surface area (Å²) >= 11 is 6.26. The van der Waals surface area contributed by atoms with Gasteiger partial charge in [-0.15, -0.1) is 0 Å². The van der Waals surface area contributed by atoms with Gasteiger partial charge in [-0.3, -0.25) is 4.68 Å². The normalized spacial score (nSPS) is 29.6. The van der Waals surface area contributed by atoms with Crippen molar-refractivity contribution in [3.05, 3.63) is 16.9 Å². The van der Waals surface area contributed by atoms with E-state index in [9.17, 15) is 5.11 Å². The molecule has 18 heavy (non-hydrogen) atoms. The van der Waals surface area contributed by atoms with E-state index in [2.05, 4.69) is 25.9 Å². The Balaban J connectivity index is 2.31. The van der Waals surface area contributed by atoms with Crippen molar-refractivity contribution in [3.8, 4) is 0 Å². The molecular formula is C14H23ClN2O. The Hall–Kier alpha value is -0.540. The Morgan fingerprint density at radius 3 is 2.61 bits per heavy atom. The van der Waals surface area contributed by atoms with Gasteiger partial charge in [-0.25, -0.2) is 0 Å². The van der Waals surface area contributed by atoms with Gasteiger partial charge in [-0.05, 0) is 24.7 Å². The van der Waals surface area contributed by atoms with E-state index in [-0.39, 0.29) is 17.4 Å². The molecule has 1 aliphatic carbocycles. The van der Waals surface area contributed by atoms with Gasteiger partial charge >= 0.3 is 0 Å². The number of nitrogens with zero attached hydrogens (tertiary/aromatic N) is 2. The molecular weight excluding hydrogens is 248 g/mol. The smallest absolute Gasteiger partial charge is 0.0823 e. The molecule has 0 aliphatic heterocycles. The van der Waals surface area contributed by atoms with Crippen LogP contribution in [0.15, 0.2) is 6.20 Å². The van der Waals surface area contributed by atoms with Crippen molar-refractivity contribution in [3.63, 3.8) is 0 Å². The fourth-order valence-corrected chi connectivity index (χ4v) is 3.91. The Kier molecular flexibility index (Phi) is 3.75. The van der Waals surface area contributed by atoms with E-state index in [1.54, 1.807) is 6.20 Å². The molecule has 1 aromatic rings. The van der Waals surface area contributed by atoms with E-state index in [1.807, 2.05) is 11.7 Å². The first-order valence-electron chi connectivity index (χ1n) is 6.70. The summed E-state index contributed by atoms with van der Waals surface area (Å²) in [6.07, 6.45) is 4.58. The summed E-state index contributed by atoms with van der Waals surface area (Å²) in [6.45, 7) is 6.54. The van der Waals surface area contributed by atoms with Crippen molar-refractivity contribution in [2.45, 2.75) is 51.6 Å². The summed E-state index contributed by atoms with van der Waals surface area (Å²) in [6, 6.07) is 0. The molecule has 0 spiro atoms. The molecule has 0 bridgehead atoms. The maximum atomic E-state index is 10.4. The number of aromatic nitrogens is 2. The minimum absolute atomic E-state index is 0.151. The molecule has 0 radical (unpaired) electrons. The molecule has 4 heteroatoms. The van der Waals surface area contributed by atoms with E-state index in [0.717, 1.165) is 18.5 Å². The van der Waals surface area contributed by atoms with Gasteiger partial charge in [0.05, 0.1) is 23.0 Å². The van der Waals surface area contributed by atoms with Crippen molar-refractivity contribution in [1.82, 2.24) is 9.78 Å². The van der Waals surface area contributed by atoms with Crippen molar-refractivity contribution in [2.24, 2.45) is 18.9 Å². The Morgan fingerprint density at radius 1 is 1.44 bits per heavy atom. The summed E-state index contributed by atoms with van der Waals surface area (Å²) < 4.78 is 1.84. The molecule has 1 aromatic heterocycles. The zero-order chi connectivity index (χ0) is 13.5. The molecule has 0 aromatic carbocycles. The monoisotopic (exact) mass is 270 g/mol. The van der Waals surface area contributed by atoms with Crippen LogP contribution in [0.3, 0.4) is 0 Å². The number of aryl methyl sites for hydroxylation is 1. The molecule has 1 aliphatic rings. The lowest BCUT2D eigenvalue weighted by Gasteiger charge is -2.42. The summed E-state index contributed by atoms with van der Waals surface area (Å²) in [7, 11) is 1.92. The minimum Gasteiger partial charge on any atom is -0.393 e. The highest BCUT2D eigenvalue weighted by molar-refractivity contribution is 6.31. The Labute approximate surface area is 114 Å². The quantitative estimate of drug-likeness (QED) is 0.897. The lowest BCUT2D eigenvalue weighted by atomic mass is 9.66. The second kappa shape index (κ2) is 4.86. The number of aliphatic hydroxyl groups is 1. The summed E-state index contributed by atoms with van der Waals surface area (Å²) in [5.41, 5.74) is 0.879. The van der Waals surface area contributed by atoms with E-state index < -0.39 is 0 Å². The van der Waals surface area contributed by atoms with Gasteiger partial charge in [-0.1, -0.05) is 38.8 Å². The second-order valence-corrected chi connectivity index (χ2v) is 6.69. The van der Waals surface area contributed by atoms with Crippen LogP contribution >= 0.6 is 11.6 Å². The molecule has 1 heterocycles. The van der Waals surface area contributed by atoms with Crippen molar-refractivity contribution >= 4 is 11.6 Å². The standard InChI is InChI=1S/C14H23ClN2O/c1-9-5-6-10(12(18)7-9)14(2,3)13-11(15)8-16-17(13)4/h8-10,12,18H,5-7H2,1-4H3. The average Bonchev–Trinajstić information content (AvgIpc) is 2.58. The fraction of sp³-hybridized carbons (Fsp3) is 0.786. The summed E-state index contributed by atoms with van der Waals surface area (Å²) in [4.78, 5) is 0. The number of halogens is 1. The van der Waals surface area contributed by atoms with Gasteiger partial charge in [0, 0.05) is 12.5 Å². The van der Waals surface area contributed by atoms with Gasteiger partial charge < -0.3 is 5.11 Å². The van der Waals surface area contributed by atoms with Gasteiger partial charge in [0.15, 0.2) is 0 Å². The molecule has 3 nitrogen and oxygen atoms in total. The zero-order valence-corrected chi connectivity index (χ0v) is 12.4. The van der Waals surface area contributed by atoms with Crippen LogP contribution in [0.4, 0.5) is 0 Å². The summed E-state index contributed by atoms with van der Waals surface area (Å²) in [5.74, 6) is 0.871. The average molecular weight is 271 g/mol. The van der Waals surface area contributed by atoms with E-state index in [0.29, 0.717) is 10.9 Å². The number of hydrogen-bond acceptors (Lipinski definition) is 2. The third-order valence-electron chi connectivity index (χ3n) is 4.51. The predicted molar refractivity (Wildman–Crippen MR) is 73.8 cm³/mol. The van der Waals surface area contributed by atoms with Gasteiger partial charge in [0.2, 0.25) is 0 Å². The topological polar surface area (TPSA) is 38.0 Å². The lowest BCUT2D eigenvalue weighted by Crippen LogP contribution is -2.42. The van der Waals surface area contributed by atoms with Crippen molar-refractivity contribution in [1.29, 1.82) is 0 Å². The van der Waals surface area contributed by atoms with Crippen LogP contribution in [-0.2, 0) is 12.5 Å². The molecule has 3 unspecified atom stereocenters. The van der Waals surface area contributed by atoms with Gasteiger partial charge in [0.1, 0.15) is 0 Å². The summed E-state index contributed by atoms with van der Waals surface area (Å²) in [5, 5.41) is 15.3. The molecule has 2 rings (SSSR count). The third kappa shape index (κ3) is 2.30. The largest absolute Gasteiger partial charge is 0.393 e. The molecule has 0 amide bonds. The first-order chi connectivity index (χ1) is 8.34. The van der Waals surface area contributed by atoms with Gasteiger partial charge in [0.25, 0.3) is 0 Å². The van der Waals surface area contributed by atoms with Gasteiger partial charge in [-0.2, -0.15) is 5.10 Å². The molecule has 0 saturated heterocycles. The number of aliphatic hydroxyl groups excluding tert-OH is 1. The van der Waals surface area contributed by atoms with Crippen LogP contribution in [0, 0.1) is 11.8 Å². The lowest BCUT2D eigenvalue weighted by molar-refractivity contribution is 0.0124. The van der Waals surface area contributed by atoms with E-state index >= 15 is 0 Å². The predicted octanol–water partition coefficient (Wildman–Crippen LogP) is 3.15. The Morgan fingerprint density at radius 2 is 2.11 bits per heavy atom. The van der Waals surface area contributed by atoms with Crippen LogP contribution in [-0.4, -0.2) is 21.0 Å². The molecule has 1 N–H and O–H groups in total. The minimum atomic E-state index is -0.241. The van der Waals surface area contributed by atoms with Crippen molar-refractivity contribution < 1.29 is 5.11 Å². The van der Waals surface area contributed by atoms with Crippen LogP contribution < -0.4 is 0 Å². The Bertz CT molecular complexity index is 408. The zero-order valence-electron chi connectivity index (χ0n) is 11.7. The highest BCUT2D eigenvalue weighted by Crippen LogP contribution is 2.44. The maximum Gasteiger partial charge on any atom is 0.0823 e. The molecule has 3 atom stereocenters. The number of rotatable bonds is 2. The van der Waals surface area contributed by atoms with Crippen LogP contribution in [0.1, 0.15) is 45.7 Å². The maximum absolute atomic E-state index is 10.4. The molecule has 102 valence electrons. The third-order valence-corrected chi connectivity index (χ3v) is 4.79. The number of hydrogen-bond donors (Lipinski definition) is 1. The van der Waals surface area contributed by atoms with Crippen LogP contribution in [0.5, 0.6) is 0 Å². The van der Waals surface area contributed by atoms with E-state index in [1.165, 1.54) is 6.42 Å². The molecule has 1 saturated carbocycles. The second-order valence-electron chi connectivity index (χ2n) is 6.28. The fourth-order valence-electron chi connectivity index (χ4n) is 3.50. The van der Waals surface area contributed by atoms with Crippen molar-refractivity contribution in [2.75, 3.05) is 0 Å². The first kappa shape index (κ1) is 13.9. The SMILES string of the molecule is CC1CCC(C(C)(C)c2c(Cl)cnn2C)C(O)C1. The highest BCUT2D eigenvalue weighted by Gasteiger charge is 2.41. The van der Waals surface area contributed by atoms with E-state index in [4.69, 9.17) is 11.6 Å². The molecule has 1 fully saturated rings. The van der Waals surface area contributed by atoms with Crippen LogP contribution in [0.25, 0.3) is 0 Å². The van der Waals surface area contributed by atoms with Crippen LogP contribution in [0.2, 0.25) is 5.02 Å². The first-order valence-corrected chi connectivity index (χ1v) is 7.08.